The molecule has 0 unspecified atom stereocenters. The number of amides is 1. The van der Waals surface area contributed by atoms with Crippen molar-refractivity contribution in [3.05, 3.63) is 54.2 Å². The van der Waals surface area contributed by atoms with Gasteiger partial charge in [-0.05, 0) is 49.5 Å². The fraction of sp³-hybridized carbons (Fsp3) is 0.348. The number of likely N-dealkylation sites (N-methyl/N-ethyl adjacent to an activating group) is 1. The first kappa shape index (κ1) is 19.3. The van der Waals surface area contributed by atoms with Crippen molar-refractivity contribution >= 4 is 22.5 Å². The van der Waals surface area contributed by atoms with Gasteiger partial charge in [0.2, 0.25) is 0 Å². The van der Waals surface area contributed by atoms with Crippen LogP contribution in [0.5, 0.6) is 11.5 Å². The zero-order valence-electron chi connectivity index (χ0n) is 17.0. The van der Waals surface area contributed by atoms with Crippen molar-refractivity contribution in [2.45, 2.75) is 20.4 Å². The van der Waals surface area contributed by atoms with Crippen LogP contribution in [0.3, 0.4) is 0 Å². The maximum absolute atomic E-state index is 12.8. The van der Waals surface area contributed by atoms with Gasteiger partial charge in [-0.15, -0.1) is 0 Å². The Morgan fingerprint density at radius 2 is 1.93 bits per heavy atom. The molecule has 6 nitrogen and oxygen atoms in total. The highest BCUT2D eigenvalue weighted by atomic mass is 16.6. The van der Waals surface area contributed by atoms with Gasteiger partial charge in [-0.25, -0.2) is 0 Å². The number of aromatic nitrogens is 1. The minimum absolute atomic E-state index is 0.201. The lowest BCUT2D eigenvalue weighted by molar-refractivity contribution is 0.101. The van der Waals surface area contributed by atoms with Gasteiger partial charge in [0.25, 0.3) is 5.91 Å². The molecule has 1 N–H and O–H groups in total. The Bertz CT molecular complexity index is 1010. The Morgan fingerprint density at radius 3 is 2.76 bits per heavy atom. The van der Waals surface area contributed by atoms with Crippen LogP contribution in [0.4, 0.5) is 5.69 Å². The van der Waals surface area contributed by atoms with Crippen molar-refractivity contribution in [2.75, 3.05) is 38.2 Å². The van der Waals surface area contributed by atoms with E-state index in [4.69, 9.17) is 9.47 Å². The summed E-state index contributed by atoms with van der Waals surface area (Å²) in [6.07, 6.45) is 2.11. The average molecular weight is 393 g/mol. The molecule has 1 aliphatic rings. The predicted octanol–water partition coefficient (Wildman–Crippen LogP) is 4.01. The summed E-state index contributed by atoms with van der Waals surface area (Å²) in [5, 5.41) is 4.09. The maximum Gasteiger partial charge on any atom is 0.259 e. The zero-order valence-corrected chi connectivity index (χ0v) is 17.0. The molecule has 0 spiro atoms. The first-order valence-electron chi connectivity index (χ1n) is 10.2. The van der Waals surface area contributed by atoms with Gasteiger partial charge in [-0.3, -0.25) is 4.79 Å². The third-order valence-electron chi connectivity index (χ3n) is 5.39. The molecule has 1 aromatic heterocycles. The van der Waals surface area contributed by atoms with E-state index in [0.717, 1.165) is 37.3 Å². The van der Waals surface area contributed by atoms with Gasteiger partial charge in [-0.1, -0.05) is 19.9 Å². The summed E-state index contributed by atoms with van der Waals surface area (Å²) in [6.45, 7) is 9.42. The lowest BCUT2D eigenvalue weighted by Gasteiger charge is -2.20. The summed E-state index contributed by atoms with van der Waals surface area (Å²) in [7, 11) is 0. The van der Waals surface area contributed by atoms with E-state index in [2.05, 4.69) is 47.0 Å². The number of nitrogens with one attached hydrogen (secondary N) is 1. The number of carbonyl (C=O) groups is 1. The summed E-state index contributed by atoms with van der Waals surface area (Å²) in [4.78, 5) is 15.2. The number of carbonyl (C=O) groups excluding carboxylic acids is 1. The molecule has 3 aromatic rings. The normalized spacial score (nSPS) is 13.1. The van der Waals surface area contributed by atoms with Gasteiger partial charge in [0, 0.05) is 35.9 Å². The van der Waals surface area contributed by atoms with Crippen LogP contribution >= 0.6 is 0 Å². The first-order valence-corrected chi connectivity index (χ1v) is 10.2. The topological polar surface area (TPSA) is 55.7 Å². The summed E-state index contributed by atoms with van der Waals surface area (Å²) >= 11 is 0. The maximum atomic E-state index is 12.8. The van der Waals surface area contributed by atoms with Crippen LogP contribution in [0.2, 0.25) is 0 Å². The van der Waals surface area contributed by atoms with Crippen molar-refractivity contribution in [3.8, 4) is 11.5 Å². The van der Waals surface area contributed by atoms with E-state index in [9.17, 15) is 4.79 Å². The van der Waals surface area contributed by atoms with E-state index in [1.54, 1.807) is 6.07 Å². The SMILES string of the molecule is CCN(CC)CCn1ccc2cc(NC(=O)c3cccc4c3OCCO4)ccc21. The molecule has 0 saturated heterocycles. The van der Waals surface area contributed by atoms with E-state index >= 15 is 0 Å². The number of nitrogens with zero attached hydrogens (tertiary/aromatic N) is 2. The van der Waals surface area contributed by atoms with Crippen molar-refractivity contribution in [3.63, 3.8) is 0 Å². The fourth-order valence-corrected chi connectivity index (χ4v) is 3.71. The van der Waals surface area contributed by atoms with Gasteiger partial charge >= 0.3 is 0 Å². The number of rotatable bonds is 7. The van der Waals surface area contributed by atoms with Crippen LogP contribution in [-0.4, -0.2) is 48.2 Å². The van der Waals surface area contributed by atoms with Crippen LogP contribution in [0.25, 0.3) is 10.9 Å². The van der Waals surface area contributed by atoms with E-state index in [1.165, 1.54) is 5.52 Å². The minimum atomic E-state index is -0.201. The summed E-state index contributed by atoms with van der Waals surface area (Å²) < 4.78 is 13.5. The zero-order chi connectivity index (χ0) is 20.2. The molecular formula is C23H27N3O3. The molecule has 2 aromatic carbocycles. The second-order valence-electron chi connectivity index (χ2n) is 7.09. The fourth-order valence-electron chi connectivity index (χ4n) is 3.71. The molecule has 0 saturated carbocycles. The standard InChI is InChI=1S/C23H27N3O3/c1-3-25(4-2)12-13-26-11-10-17-16-18(8-9-20(17)26)24-23(27)19-6-5-7-21-22(19)29-15-14-28-21/h5-11,16H,3-4,12-15H2,1-2H3,(H,24,27). The molecule has 0 aliphatic carbocycles. The van der Waals surface area contributed by atoms with Crippen LogP contribution < -0.4 is 14.8 Å². The highest BCUT2D eigenvalue weighted by Crippen LogP contribution is 2.34. The smallest absolute Gasteiger partial charge is 0.259 e. The van der Waals surface area contributed by atoms with Crippen molar-refractivity contribution in [1.82, 2.24) is 9.47 Å². The summed E-state index contributed by atoms with van der Waals surface area (Å²) in [5.41, 5.74) is 2.42. The van der Waals surface area contributed by atoms with Gasteiger partial charge in [0.05, 0.1) is 5.56 Å². The monoisotopic (exact) mass is 393 g/mol. The number of hydrogen-bond acceptors (Lipinski definition) is 4. The number of ether oxygens (including phenoxy) is 2. The molecule has 1 aliphatic heterocycles. The molecule has 152 valence electrons. The van der Waals surface area contributed by atoms with E-state index < -0.39 is 0 Å². The van der Waals surface area contributed by atoms with Gasteiger partial charge in [-0.2, -0.15) is 0 Å². The second-order valence-corrected chi connectivity index (χ2v) is 7.09. The van der Waals surface area contributed by atoms with Crippen molar-refractivity contribution < 1.29 is 14.3 Å². The van der Waals surface area contributed by atoms with Crippen LogP contribution in [0.1, 0.15) is 24.2 Å². The molecule has 2 heterocycles. The Hall–Kier alpha value is -2.99. The Labute approximate surface area is 171 Å². The molecule has 1 amide bonds. The highest BCUT2D eigenvalue weighted by Gasteiger charge is 2.20. The quantitative estimate of drug-likeness (QED) is 0.659. The van der Waals surface area contributed by atoms with E-state index in [0.29, 0.717) is 30.3 Å². The third-order valence-corrected chi connectivity index (χ3v) is 5.39. The molecule has 0 bridgehead atoms. The molecule has 6 heteroatoms. The largest absolute Gasteiger partial charge is 0.486 e. The number of hydrogen-bond donors (Lipinski definition) is 1. The van der Waals surface area contributed by atoms with Crippen LogP contribution in [-0.2, 0) is 6.54 Å². The number of para-hydroxylation sites is 1. The van der Waals surface area contributed by atoms with Crippen molar-refractivity contribution in [2.24, 2.45) is 0 Å². The molecule has 29 heavy (non-hydrogen) atoms. The number of fused-ring (bicyclic) bond motifs is 2. The van der Waals surface area contributed by atoms with Crippen LogP contribution in [0, 0.1) is 0 Å². The van der Waals surface area contributed by atoms with Gasteiger partial charge < -0.3 is 24.3 Å². The van der Waals surface area contributed by atoms with Crippen LogP contribution in [0.15, 0.2) is 48.7 Å². The minimum Gasteiger partial charge on any atom is -0.486 e. The number of benzene rings is 2. The lowest BCUT2D eigenvalue weighted by Crippen LogP contribution is -2.26. The van der Waals surface area contributed by atoms with E-state index in [-0.39, 0.29) is 5.91 Å². The number of anilines is 1. The second kappa shape index (κ2) is 8.57. The predicted molar refractivity (Wildman–Crippen MR) is 115 cm³/mol. The van der Waals surface area contributed by atoms with Gasteiger partial charge in [0.1, 0.15) is 13.2 Å². The highest BCUT2D eigenvalue weighted by molar-refractivity contribution is 6.07. The van der Waals surface area contributed by atoms with Crippen molar-refractivity contribution in [1.29, 1.82) is 0 Å². The molecule has 0 radical (unpaired) electrons. The summed E-state index contributed by atoms with van der Waals surface area (Å²) in [5.74, 6) is 0.928. The average Bonchev–Trinajstić information content (AvgIpc) is 3.16. The third kappa shape index (κ3) is 4.07. The lowest BCUT2D eigenvalue weighted by atomic mass is 10.1. The Kier molecular flexibility index (Phi) is 5.71. The molecule has 4 rings (SSSR count). The molecule has 0 fully saturated rings. The molecule has 0 atom stereocenters. The Balaban J connectivity index is 1.50. The Morgan fingerprint density at radius 1 is 1.10 bits per heavy atom. The molecular weight excluding hydrogens is 366 g/mol. The van der Waals surface area contributed by atoms with Gasteiger partial charge in [0.15, 0.2) is 11.5 Å². The first-order chi connectivity index (χ1) is 14.2. The van der Waals surface area contributed by atoms with E-state index in [1.807, 2.05) is 24.3 Å². The summed E-state index contributed by atoms with van der Waals surface area (Å²) in [6, 6.07) is 13.5.